The number of benzene rings is 2. The predicted octanol–water partition coefficient (Wildman–Crippen LogP) is 4.04. The van der Waals surface area contributed by atoms with Crippen molar-refractivity contribution in [2.24, 2.45) is 0 Å². The van der Waals surface area contributed by atoms with Crippen LogP contribution in [-0.4, -0.2) is 36.5 Å². The van der Waals surface area contributed by atoms with E-state index >= 15 is 0 Å². The van der Waals surface area contributed by atoms with Gasteiger partial charge in [-0.2, -0.15) is 5.21 Å². The number of fused-ring (bicyclic) bond motifs is 1. The number of rotatable bonds is 6. The third kappa shape index (κ3) is 4.02. The summed E-state index contributed by atoms with van der Waals surface area (Å²) in [6.45, 7) is 0. The number of nitrogens with one attached hydrogen (secondary N) is 2. The normalized spacial score (nSPS) is 11.9. The summed E-state index contributed by atoms with van der Waals surface area (Å²) in [4.78, 5) is 15.5. The van der Waals surface area contributed by atoms with Gasteiger partial charge in [-0.05, 0) is 54.0 Å². The van der Waals surface area contributed by atoms with Crippen LogP contribution in [0.1, 0.15) is 27.4 Å². The van der Waals surface area contributed by atoms with E-state index in [2.05, 4.69) is 25.6 Å². The zero-order valence-corrected chi connectivity index (χ0v) is 15.7. The van der Waals surface area contributed by atoms with Gasteiger partial charge < -0.3 is 10.1 Å². The minimum absolute atomic E-state index is 0.151. The first-order valence-electron chi connectivity index (χ1n) is 8.74. The maximum absolute atomic E-state index is 13.1. The van der Waals surface area contributed by atoms with Gasteiger partial charge in [-0.25, -0.2) is 4.39 Å². The van der Waals surface area contributed by atoms with Gasteiger partial charge in [0.25, 0.3) is 0 Å². The van der Waals surface area contributed by atoms with Crippen LogP contribution in [0.2, 0.25) is 5.02 Å². The topological polar surface area (TPSA) is 108 Å². The fourth-order valence-electron chi connectivity index (χ4n) is 3.15. The van der Waals surface area contributed by atoms with Gasteiger partial charge >= 0.3 is 0 Å². The molecule has 0 spiro atoms. The SMILES string of the molecule is O=C(C=C(O)c1c(CCc2ccc(F)cc2)[nH]c2ccc(Cl)cc12)c1nn[nH]n1. The molecule has 2 aromatic carbocycles. The lowest BCUT2D eigenvalue weighted by atomic mass is 10.0. The minimum atomic E-state index is -0.586. The molecule has 0 aliphatic rings. The molecule has 7 nitrogen and oxygen atoms in total. The minimum Gasteiger partial charge on any atom is -0.507 e. The monoisotopic (exact) mass is 411 g/mol. The van der Waals surface area contributed by atoms with Gasteiger partial charge in [-0.3, -0.25) is 4.79 Å². The number of hydrogen-bond donors (Lipinski definition) is 3. The molecule has 3 N–H and O–H groups in total. The van der Waals surface area contributed by atoms with Crippen LogP contribution in [0.15, 0.2) is 48.5 Å². The van der Waals surface area contributed by atoms with E-state index in [0.29, 0.717) is 28.8 Å². The highest BCUT2D eigenvalue weighted by atomic mass is 35.5. The second-order valence-corrected chi connectivity index (χ2v) is 6.86. The van der Waals surface area contributed by atoms with Crippen molar-refractivity contribution in [3.8, 4) is 0 Å². The van der Waals surface area contributed by atoms with E-state index in [1.165, 1.54) is 12.1 Å². The Bertz CT molecular complexity index is 1200. The third-order valence-corrected chi connectivity index (χ3v) is 4.74. The van der Waals surface area contributed by atoms with Gasteiger partial charge in [-0.15, -0.1) is 10.2 Å². The van der Waals surface area contributed by atoms with E-state index in [1.54, 1.807) is 30.3 Å². The van der Waals surface area contributed by atoms with Crippen molar-refractivity contribution in [3.63, 3.8) is 0 Å². The molecule has 2 aromatic heterocycles. The molecule has 0 aliphatic carbocycles. The Balaban J connectivity index is 1.71. The zero-order valence-electron chi connectivity index (χ0n) is 15.0. The third-order valence-electron chi connectivity index (χ3n) is 4.50. The van der Waals surface area contributed by atoms with Crippen molar-refractivity contribution < 1.29 is 14.3 Å². The second-order valence-electron chi connectivity index (χ2n) is 6.42. The van der Waals surface area contributed by atoms with Gasteiger partial charge in [-0.1, -0.05) is 23.7 Å². The number of aliphatic hydroxyl groups is 1. The number of allylic oxidation sites excluding steroid dienone is 1. The fraction of sp³-hybridized carbons (Fsp3) is 0.100. The van der Waals surface area contributed by atoms with Gasteiger partial charge in [0.05, 0.1) is 0 Å². The number of aliphatic hydroxyl groups excluding tert-OH is 1. The standard InChI is InChI=1S/C20H15ClFN5O2/c21-12-4-8-15-14(9-12)19(17(28)10-18(29)20-24-26-27-25-20)16(23-15)7-3-11-1-5-13(22)6-2-11/h1-2,4-6,8-10,23,28H,3,7H2,(H,24,25,26,27). The number of H-pyrrole nitrogens is 2. The molecule has 4 rings (SSSR count). The Morgan fingerprint density at radius 1 is 1.17 bits per heavy atom. The molecule has 9 heteroatoms. The number of hydrogen-bond acceptors (Lipinski definition) is 5. The summed E-state index contributed by atoms with van der Waals surface area (Å²) in [6.07, 6.45) is 2.19. The molecule has 0 amide bonds. The van der Waals surface area contributed by atoms with Crippen molar-refractivity contribution in [2.75, 3.05) is 0 Å². The van der Waals surface area contributed by atoms with Crippen LogP contribution in [0.3, 0.4) is 0 Å². The summed E-state index contributed by atoms with van der Waals surface area (Å²) in [5, 5.41) is 24.7. The molecule has 146 valence electrons. The number of aromatic nitrogens is 5. The molecule has 0 atom stereocenters. The Morgan fingerprint density at radius 2 is 1.97 bits per heavy atom. The van der Waals surface area contributed by atoms with E-state index < -0.39 is 5.78 Å². The van der Waals surface area contributed by atoms with Gasteiger partial charge in [0.1, 0.15) is 11.6 Å². The number of aromatic amines is 2. The quantitative estimate of drug-likeness (QED) is 0.252. The van der Waals surface area contributed by atoms with Crippen LogP contribution in [0, 0.1) is 5.82 Å². The molecule has 0 radical (unpaired) electrons. The summed E-state index contributed by atoms with van der Waals surface area (Å²) in [5.41, 5.74) is 2.91. The largest absolute Gasteiger partial charge is 0.507 e. The molecule has 2 heterocycles. The van der Waals surface area contributed by atoms with E-state index in [1.807, 2.05) is 0 Å². The smallest absolute Gasteiger partial charge is 0.244 e. The van der Waals surface area contributed by atoms with E-state index in [9.17, 15) is 14.3 Å². The van der Waals surface area contributed by atoms with Crippen LogP contribution < -0.4 is 0 Å². The summed E-state index contributed by atoms with van der Waals surface area (Å²) in [5.74, 6) is -1.27. The first kappa shape index (κ1) is 18.8. The lowest BCUT2D eigenvalue weighted by Crippen LogP contribution is -2.01. The average molecular weight is 412 g/mol. The highest BCUT2D eigenvalue weighted by Gasteiger charge is 2.18. The summed E-state index contributed by atoms with van der Waals surface area (Å²) < 4.78 is 13.1. The lowest BCUT2D eigenvalue weighted by Gasteiger charge is -2.05. The van der Waals surface area contributed by atoms with Gasteiger partial charge in [0.15, 0.2) is 0 Å². The van der Waals surface area contributed by atoms with E-state index in [0.717, 1.165) is 22.9 Å². The Labute approximate surface area is 169 Å². The molecule has 0 unspecified atom stereocenters. The predicted molar refractivity (Wildman–Crippen MR) is 106 cm³/mol. The number of tetrazole rings is 1. The molecular weight excluding hydrogens is 397 g/mol. The lowest BCUT2D eigenvalue weighted by molar-refractivity contribution is 0.103. The zero-order chi connectivity index (χ0) is 20.4. The Hall–Kier alpha value is -3.52. The number of ketones is 1. The first-order chi connectivity index (χ1) is 14.0. The van der Waals surface area contributed by atoms with Crippen LogP contribution in [-0.2, 0) is 12.8 Å². The van der Waals surface area contributed by atoms with Gasteiger partial charge in [0, 0.05) is 33.3 Å². The van der Waals surface area contributed by atoms with Crippen LogP contribution in [0.4, 0.5) is 4.39 Å². The molecule has 0 saturated carbocycles. The molecule has 29 heavy (non-hydrogen) atoms. The van der Waals surface area contributed by atoms with Crippen molar-refractivity contribution in [1.82, 2.24) is 25.6 Å². The van der Waals surface area contributed by atoms with Crippen molar-refractivity contribution in [3.05, 3.63) is 82.0 Å². The van der Waals surface area contributed by atoms with Gasteiger partial charge in [0.2, 0.25) is 11.6 Å². The molecule has 0 fully saturated rings. The fourth-order valence-corrected chi connectivity index (χ4v) is 3.32. The van der Waals surface area contributed by atoms with Crippen LogP contribution >= 0.6 is 11.6 Å². The Morgan fingerprint density at radius 3 is 2.69 bits per heavy atom. The molecule has 4 aromatic rings. The van der Waals surface area contributed by atoms with Crippen molar-refractivity contribution in [1.29, 1.82) is 0 Å². The summed E-state index contributed by atoms with van der Waals surface area (Å²) in [7, 11) is 0. The second kappa shape index (κ2) is 7.84. The van der Waals surface area contributed by atoms with E-state index in [4.69, 9.17) is 11.6 Å². The number of nitrogens with zero attached hydrogens (tertiary/aromatic N) is 3. The summed E-state index contributed by atoms with van der Waals surface area (Å²) in [6, 6.07) is 11.5. The highest BCUT2D eigenvalue weighted by molar-refractivity contribution is 6.31. The van der Waals surface area contributed by atoms with Crippen LogP contribution in [0.5, 0.6) is 0 Å². The Kier molecular flexibility index (Phi) is 5.09. The maximum Gasteiger partial charge on any atom is 0.244 e. The van der Waals surface area contributed by atoms with E-state index in [-0.39, 0.29) is 17.4 Å². The average Bonchev–Trinajstić information content (AvgIpc) is 3.35. The number of halogens is 2. The van der Waals surface area contributed by atoms with Crippen LogP contribution in [0.25, 0.3) is 16.7 Å². The maximum atomic E-state index is 13.1. The number of carbonyl (C=O) groups is 1. The molecule has 0 aliphatic heterocycles. The molecular formula is C20H15ClFN5O2. The number of aryl methyl sites for hydroxylation is 2. The molecule has 0 bridgehead atoms. The summed E-state index contributed by atoms with van der Waals surface area (Å²) >= 11 is 6.13. The van der Waals surface area contributed by atoms with Crippen molar-refractivity contribution in [2.45, 2.75) is 12.8 Å². The van der Waals surface area contributed by atoms with Crippen molar-refractivity contribution >= 4 is 34.0 Å². The first-order valence-corrected chi connectivity index (χ1v) is 9.12. The number of carbonyl (C=O) groups excluding carboxylic acids is 1. The highest BCUT2D eigenvalue weighted by Crippen LogP contribution is 2.31. The molecule has 0 saturated heterocycles.